The Labute approximate surface area is 127 Å². The van der Waals surface area contributed by atoms with E-state index in [1.807, 2.05) is 12.1 Å². The van der Waals surface area contributed by atoms with Crippen LogP contribution in [0, 0.1) is 0 Å². The smallest absolute Gasteiger partial charge is 0.160 e. The molecule has 1 aliphatic rings. The number of phenols is 1. The van der Waals surface area contributed by atoms with Crippen LogP contribution in [0.25, 0.3) is 0 Å². The summed E-state index contributed by atoms with van der Waals surface area (Å²) in [5, 5.41) is 10.0. The maximum Gasteiger partial charge on any atom is 0.160 e. The quantitative estimate of drug-likeness (QED) is 0.846. The summed E-state index contributed by atoms with van der Waals surface area (Å²) in [6.07, 6.45) is 6.49. The minimum atomic E-state index is 0.162. The summed E-state index contributed by atoms with van der Waals surface area (Å²) in [6.45, 7) is 3.75. The highest BCUT2D eigenvalue weighted by Gasteiger charge is 2.27. The summed E-state index contributed by atoms with van der Waals surface area (Å²) < 4.78 is 5.12. The Morgan fingerprint density at radius 3 is 2.57 bits per heavy atom. The molecule has 4 nitrogen and oxygen atoms in total. The van der Waals surface area contributed by atoms with Crippen LogP contribution in [0.2, 0.25) is 0 Å². The number of likely N-dealkylation sites (N-methyl/N-ethyl adjacent to an activating group) is 1. The first-order chi connectivity index (χ1) is 10.2. The largest absolute Gasteiger partial charge is 0.504 e. The Kier molecular flexibility index (Phi) is 5.88. The highest BCUT2D eigenvalue weighted by atomic mass is 16.5. The molecule has 21 heavy (non-hydrogen) atoms. The minimum absolute atomic E-state index is 0.162. The van der Waals surface area contributed by atoms with E-state index >= 15 is 0 Å². The van der Waals surface area contributed by atoms with Crippen molar-refractivity contribution in [3.8, 4) is 11.5 Å². The Balaban J connectivity index is 2.21. The van der Waals surface area contributed by atoms with Gasteiger partial charge in [-0.1, -0.05) is 32.3 Å². The van der Waals surface area contributed by atoms with E-state index in [2.05, 4.69) is 11.8 Å². The number of nitrogens with two attached hydrogens (primary N) is 1. The van der Waals surface area contributed by atoms with Crippen LogP contribution in [0.1, 0.15) is 50.6 Å². The van der Waals surface area contributed by atoms with Crippen LogP contribution in [0.15, 0.2) is 18.2 Å². The second-order valence-corrected chi connectivity index (χ2v) is 5.81. The van der Waals surface area contributed by atoms with Crippen molar-refractivity contribution in [2.75, 3.05) is 20.2 Å². The molecule has 3 N–H and O–H groups in total. The van der Waals surface area contributed by atoms with Crippen LogP contribution in [-0.4, -0.2) is 36.2 Å². The van der Waals surface area contributed by atoms with Crippen molar-refractivity contribution in [3.63, 3.8) is 0 Å². The molecule has 0 spiro atoms. The third-order valence-electron chi connectivity index (χ3n) is 4.62. The van der Waals surface area contributed by atoms with Crippen LogP contribution in [-0.2, 0) is 0 Å². The van der Waals surface area contributed by atoms with Crippen LogP contribution >= 0.6 is 0 Å². The topological polar surface area (TPSA) is 58.7 Å². The maximum atomic E-state index is 10.0. The third-order valence-corrected chi connectivity index (χ3v) is 4.62. The van der Waals surface area contributed by atoms with Gasteiger partial charge in [-0.25, -0.2) is 0 Å². The van der Waals surface area contributed by atoms with Gasteiger partial charge in [0.05, 0.1) is 7.11 Å². The SMILES string of the molecule is CCN(C1CCCCC1)C(CN)c1ccc(OC)c(O)c1. The van der Waals surface area contributed by atoms with Crippen molar-refractivity contribution in [2.45, 2.75) is 51.1 Å². The molecule has 0 radical (unpaired) electrons. The molecule has 118 valence electrons. The van der Waals surface area contributed by atoms with Crippen molar-refractivity contribution < 1.29 is 9.84 Å². The van der Waals surface area contributed by atoms with Gasteiger partial charge < -0.3 is 15.6 Å². The Morgan fingerprint density at radius 2 is 2.05 bits per heavy atom. The van der Waals surface area contributed by atoms with Crippen LogP contribution in [0.5, 0.6) is 11.5 Å². The van der Waals surface area contributed by atoms with Crippen LogP contribution in [0.4, 0.5) is 0 Å². The van der Waals surface area contributed by atoms with E-state index in [0.29, 0.717) is 18.3 Å². The standard InChI is InChI=1S/C17H28N2O2/c1-3-19(14-7-5-4-6-8-14)15(12-18)13-9-10-17(21-2)16(20)11-13/h9-11,14-15,20H,3-8,12,18H2,1-2H3. The number of methoxy groups -OCH3 is 1. The molecule has 0 bridgehead atoms. The van der Waals surface area contributed by atoms with E-state index < -0.39 is 0 Å². The monoisotopic (exact) mass is 292 g/mol. The Hall–Kier alpha value is -1.26. The number of phenolic OH excluding ortho intramolecular Hbond substituents is 1. The van der Waals surface area contributed by atoms with Gasteiger partial charge in [0.2, 0.25) is 0 Å². The number of rotatable bonds is 6. The van der Waals surface area contributed by atoms with Gasteiger partial charge in [-0.05, 0) is 37.1 Å². The van der Waals surface area contributed by atoms with Crippen molar-refractivity contribution >= 4 is 0 Å². The summed E-state index contributed by atoms with van der Waals surface area (Å²) in [7, 11) is 1.56. The lowest BCUT2D eigenvalue weighted by molar-refractivity contribution is 0.113. The summed E-state index contributed by atoms with van der Waals surface area (Å²) in [5.74, 6) is 0.698. The predicted molar refractivity (Wildman–Crippen MR) is 85.7 cm³/mol. The van der Waals surface area contributed by atoms with Gasteiger partial charge in [-0.15, -0.1) is 0 Å². The zero-order valence-electron chi connectivity index (χ0n) is 13.2. The van der Waals surface area contributed by atoms with Gasteiger partial charge >= 0.3 is 0 Å². The molecular formula is C17H28N2O2. The maximum absolute atomic E-state index is 10.0. The lowest BCUT2D eigenvalue weighted by Crippen LogP contribution is -2.42. The molecule has 0 saturated heterocycles. The molecule has 1 unspecified atom stereocenters. The summed E-state index contributed by atoms with van der Waals surface area (Å²) in [5.41, 5.74) is 7.13. The molecule has 2 rings (SSSR count). The number of benzene rings is 1. The molecule has 0 amide bonds. The zero-order valence-corrected chi connectivity index (χ0v) is 13.2. The molecule has 0 aliphatic heterocycles. The fourth-order valence-electron chi connectivity index (χ4n) is 3.52. The molecule has 1 saturated carbocycles. The first-order valence-corrected chi connectivity index (χ1v) is 8.04. The second-order valence-electron chi connectivity index (χ2n) is 5.81. The average molecular weight is 292 g/mol. The molecule has 1 atom stereocenters. The van der Waals surface area contributed by atoms with Gasteiger partial charge in [-0.3, -0.25) is 4.90 Å². The second kappa shape index (κ2) is 7.66. The molecule has 1 fully saturated rings. The molecule has 1 aliphatic carbocycles. The summed E-state index contributed by atoms with van der Waals surface area (Å²) in [4.78, 5) is 2.50. The predicted octanol–water partition coefficient (Wildman–Crippen LogP) is 3.06. The molecular weight excluding hydrogens is 264 g/mol. The highest BCUT2D eigenvalue weighted by molar-refractivity contribution is 5.42. The Bertz CT molecular complexity index is 444. The van der Waals surface area contributed by atoms with Gasteiger partial charge in [0.15, 0.2) is 11.5 Å². The molecule has 0 aromatic heterocycles. The molecule has 1 aromatic rings. The van der Waals surface area contributed by atoms with E-state index in [9.17, 15) is 5.11 Å². The lowest BCUT2D eigenvalue weighted by atomic mass is 9.91. The van der Waals surface area contributed by atoms with Gasteiger partial charge in [0.25, 0.3) is 0 Å². The molecule has 4 heteroatoms. The Morgan fingerprint density at radius 1 is 1.33 bits per heavy atom. The fraction of sp³-hybridized carbons (Fsp3) is 0.647. The van der Waals surface area contributed by atoms with Crippen molar-refractivity contribution in [1.29, 1.82) is 0 Å². The molecule has 1 aromatic carbocycles. The van der Waals surface area contributed by atoms with Crippen molar-refractivity contribution in [1.82, 2.24) is 4.90 Å². The van der Waals surface area contributed by atoms with E-state index in [1.54, 1.807) is 13.2 Å². The minimum Gasteiger partial charge on any atom is -0.504 e. The van der Waals surface area contributed by atoms with Crippen molar-refractivity contribution in [3.05, 3.63) is 23.8 Å². The summed E-state index contributed by atoms with van der Waals surface area (Å²) in [6, 6.07) is 6.40. The van der Waals surface area contributed by atoms with E-state index in [0.717, 1.165) is 12.1 Å². The molecule has 0 heterocycles. The third kappa shape index (κ3) is 3.69. The number of hydrogen-bond acceptors (Lipinski definition) is 4. The van der Waals surface area contributed by atoms with Crippen LogP contribution in [0.3, 0.4) is 0 Å². The average Bonchev–Trinajstić information content (AvgIpc) is 2.53. The van der Waals surface area contributed by atoms with E-state index in [-0.39, 0.29) is 11.8 Å². The highest BCUT2D eigenvalue weighted by Crippen LogP contribution is 2.33. The lowest BCUT2D eigenvalue weighted by Gasteiger charge is -2.39. The number of nitrogens with zero attached hydrogens (tertiary/aromatic N) is 1. The van der Waals surface area contributed by atoms with Gasteiger partial charge in [0.1, 0.15) is 0 Å². The van der Waals surface area contributed by atoms with E-state index in [1.165, 1.54) is 32.1 Å². The number of ether oxygens (including phenoxy) is 1. The normalized spacial score (nSPS) is 17.9. The first kappa shape index (κ1) is 16.1. The van der Waals surface area contributed by atoms with E-state index in [4.69, 9.17) is 10.5 Å². The van der Waals surface area contributed by atoms with Crippen LogP contribution < -0.4 is 10.5 Å². The summed E-state index contributed by atoms with van der Waals surface area (Å²) >= 11 is 0. The first-order valence-electron chi connectivity index (χ1n) is 8.04. The fourth-order valence-corrected chi connectivity index (χ4v) is 3.52. The zero-order chi connectivity index (χ0) is 15.2. The van der Waals surface area contributed by atoms with Gasteiger partial charge in [-0.2, -0.15) is 0 Å². The van der Waals surface area contributed by atoms with Crippen molar-refractivity contribution in [2.24, 2.45) is 5.73 Å². The number of aromatic hydroxyl groups is 1. The number of hydrogen-bond donors (Lipinski definition) is 2. The van der Waals surface area contributed by atoms with Gasteiger partial charge in [0, 0.05) is 18.6 Å².